The first-order chi connectivity index (χ1) is 6.61. The molecule has 1 atom stereocenters. The van der Waals surface area contributed by atoms with Crippen molar-refractivity contribution in [1.29, 1.82) is 5.26 Å². The first kappa shape index (κ1) is 12.4. The van der Waals surface area contributed by atoms with Crippen molar-refractivity contribution < 1.29 is 19.1 Å². The van der Waals surface area contributed by atoms with Gasteiger partial charge in [-0.2, -0.15) is 5.26 Å². The van der Waals surface area contributed by atoms with Crippen molar-refractivity contribution in [3.8, 4) is 6.07 Å². The van der Waals surface area contributed by atoms with Crippen LogP contribution in [-0.2, 0) is 19.1 Å². The second-order valence-electron chi connectivity index (χ2n) is 2.76. The molecule has 0 radical (unpaired) electrons. The Bertz CT molecular complexity index is 244. The molecule has 0 aromatic heterocycles. The highest BCUT2D eigenvalue weighted by Gasteiger charge is 2.18. The lowest BCUT2D eigenvalue weighted by molar-refractivity contribution is -0.153. The van der Waals surface area contributed by atoms with Gasteiger partial charge in [-0.3, -0.25) is 9.59 Å². The fourth-order valence-corrected chi connectivity index (χ4v) is 0.756. The number of hydrogen-bond donors (Lipinski definition) is 0. The molecular formula is C9H13NO4. The SMILES string of the molecule is COC(=O)CC(C)C(=O)OCCC#N. The van der Waals surface area contributed by atoms with Gasteiger partial charge < -0.3 is 9.47 Å². The van der Waals surface area contributed by atoms with Crippen LogP contribution in [-0.4, -0.2) is 25.7 Å². The minimum absolute atomic E-state index is 0.00187. The molecule has 0 spiro atoms. The van der Waals surface area contributed by atoms with Crippen LogP contribution in [0.3, 0.4) is 0 Å². The molecule has 0 heterocycles. The second kappa shape index (κ2) is 6.89. The van der Waals surface area contributed by atoms with E-state index in [1.54, 1.807) is 6.92 Å². The molecule has 0 saturated carbocycles. The summed E-state index contributed by atoms with van der Waals surface area (Å²) in [7, 11) is 1.26. The maximum Gasteiger partial charge on any atom is 0.309 e. The van der Waals surface area contributed by atoms with Gasteiger partial charge in [-0.15, -0.1) is 0 Å². The van der Waals surface area contributed by atoms with Crippen LogP contribution in [0.1, 0.15) is 19.8 Å². The molecule has 0 aromatic carbocycles. The van der Waals surface area contributed by atoms with E-state index >= 15 is 0 Å². The Morgan fingerprint density at radius 2 is 2.14 bits per heavy atom. The molecule has 14 heavy (non-hydrogen) atoms. The van der Waals surface area contributed by atoms with Gasteiger partial charge in [0.25, 0.3) is 0 Å². The van der Waals surface area contributed by atoms with Crippen LogP contribution in [0.25, 0.3) is 0 Å². The molecule has 0 aliphatic rings. The first-order valence-electron chi connectivity index (χ1n) is 4.22. The molecule has 0 N–H and O–H groups in total. The Morgan fingerprint density at radius 1 is 1.50 bits per heavy atom. The van der Waals surface area contributed by atoms with Crippen LogP contribution < -0.4 is 0 Å². The summed E-state index contributed by atoms with van der Waals surface area (Å²) in [6, 6.07) is 1.85. The summed E-state index contributed by atoms with van der Waals surface area (Å²) >= 11 is 0. The molecule has 0 aliphatic carbocycles. The fourth-order valence-electron chi connectivity index (χ4n) is 0.756. The van der Waals surface area contributed by atoms with Crippen LogP contribution in [0, 0.1) is 17.2 Å². The van der Waals surface area contributed by atoms with Gasteiger partial charge in [0.05, 0.1) is 31.9 Å². The smallest absolute Gasteiger partial charge is 0.309 e. The molecule has 0 aromatic rings. The quantitative estimate of drug-likeness (QED) is 0.479. The molecule has 0 fully saturated rings. The van der Waals surface area contributed by atoms with Crippen LogP contribution in [0.4, 0.5) is 0 Å². The van der Waals surface area contributed by atoms with E-state index in [4.69, 9.17) is 10.00 Å². The number of esters is 2. The average molecular weight is 199 g/mol. The highest BCUT2D eigenvalue weighted by molar-refractivity contribution is 5.79. The molecule has 5 nitrogen and oxygen atoms in total. The minimum atomic E-state index is -0.527. The third-order valence-corrected chi connectivity index (χ3v) is 1.56. The lowest BCUT2D eigenvalue weighted by atomic mass is 10.1. The molecule has 5 heteroatoms. The zero-order valence-electron chi connectivity index (χ0n) is 8.28. The zero-order chi connectivity index (χ0) is 11.0. The maximum absolute atomic E-state index is 11.1. The van der Waals surface area contributed by atoms with Crippen LogP contribution >= 0.6 is 0 Å². The highest BCUT2D eigenvalue weighted by Crippen LogP contribution is 2.05. The number of methoxy groups -OCH3 is 1. The number of carbonyl (C=O) groups excluding carboxylic acids is 2. The molecular weight excluding hydrogens is 186 g/mol. The van der Waals surface area contributed by atoms with Crippen molar-refractivity contribution in [2.45, 2.75) is 19.8 Å². The molecule has 1 unspecified atom stereocenters. The lowest BCUT2D eigenvalue weighted by Gasteiger charge is -2.08. The van der Waals surface area contributed by atoms with Crippen molar-refractivity contribution in [2.75, 3.05) is 13.7 Å². The van der Waals surface area contributed by atoms with Gasteiger partial charge in [0.2, 0.25) is 0 Å². The molecule has 0 aliphatic heterocycles. The van der Waals surface area contributed by atoms with E-state index in [-0.39, 0.29) is 19.4 Å². The minimum Gasteiger partial charge on any atom is -0.469 e. The normalized spacial score (nSPS) is 11.2. The van der Waals surface area contributed by atoms with E-state index < -0.39 is 17.9 Å². The van der Waals surface area contributed by atoms with E-state index in [2.05, 4.69) is 4.74 Å². The predicted octanol–water partition coefficient (Wildman–Crippen LogP) is 0.642. The van der Waals surface area contributed by atoms with E-state index in [1.807, 2.05) is 6.07 Å². The van der Waals surface area contributed by atoms with Crippen molar-refractivity contribution in [2.24, 2.45) is 5.92 Å². The molecule has 0 bridgehead atoms. The van der Waals surface area contributed by atoms with E-state index in [0.717, 1.165) is 0 Å². The largest absolute Gasteiger partial charge is 0.469 e. The Balaban J connectivity index is 3.77. The van der Waals surface area contributed by atoms with Gasteiger partial charge in [-0.25, -0.2) is 0 Å². The van der Waals surface area contributed by atoms with Gasteiger partial charge in [-0.05, 0) is 0 Å². The maximum atomic E-state index is 11.1. The van der Waals surface area contributed by atoms with Gasteiger partial charge in [0.15, 0.2) is 0 Å². The number of carbonyl (C=O) groups is 2. The topological polar surface area (TPSA) is 76.4 Å². The lowest BCUT2D eigenvalue weighted by Crippen LogP contribution is -2.19. The number of nitriles is 1. The summed E-state index contributed by atoms with van der Waals surface area (Å²) in [4.78, 5) is 21.9. The summed E-state index contributed by atoms with van der Waals surface area (Å²) in [5.74, 6) is -1.46. The number of nitrogens with zero attached hydrogens (tertiary/aromatic N) is 1. The molecule has 0 amide bonds. The Hall–Kier alpha value is -1.57. The third-order valence-electron chi connectivity index (χ3n) is 1.56. The van der Waals surface area contributed by atoms with E-state index in [9.17, 15) is 9.59 Å². The van der Waals surface area contributed by atoms with Gasteiger partial charge in [0.1, 0.15) is 6.61 Å². The highest BCUT2D eigenvalue weighted by atomic mass is 16.5. The van der Waals surface area contributed by atoms with Gasteiger partial charge in [-0.1, -0.05) is 6.92 Å². The molecule has 0 saturated heterocycles. The summed E-state index contributed by atoms with van der Waals surface area (Å²) in [5, 5.41) is 8.19. The summed E-state index contributed by atoms with van der Waals surface area (Å²) in [6.07, 6.45) is 0.165. The standard InChI is InChI=1S/C9H13NO4/c1-7(6-8(11)13-2)9(12)14-5-3-4-10/h7H,3,5-6H2,1-2H3. The fraction of sp³-hybridized carbons (Fsp3) is 0.667. The van der Waals surface area contributed by atoms with Crippen LogP contribution in [0.2, 0.25) is 0 Å². The first-order valence-corrected chi connectivity index (χ1v) is 4.22. The number of ether oxygens (including phenoxy) is 2. The third kappa shape index (κ3) is 5.14. The average Bonchev–Trinajstić information content (AvgIpc) is 2.17. The Kier molecular flexibility index (Phi) is 6.12. The van der Waals surface area contributed by atoms with Gasteiger partial charge >= 0.3 is 11.9 Å². The Morgan fingerprint density at radius 3 is 2.64 bits per heavy atom. The molecule has 78 valence electrons. The zero-order valence-corrected chi connectivity index (χ0v) is 8.28. The van der Waals surface area contributed by atoms with Crippen LogP contribution in [0.15, 0.2) is 0 Å². The number of rotatable bonds is 5. The van der Waals surface area contributed by atoms with Gasteiger partial charge in [0, 0.05) is 0 Å². The van der Waals surface area contributed by atoms with Crippen molar-refractivity contribution in [1.82, 2.24) is 0 Å². The summed E-state index contributed by atoms with van der Waals surface area (Å²) in [6.45, 7) is 1.65. The second-order valence-corrected chi connectivity index (χ2v) is 2.76. The summed E-state index contributed by atoms with van der Waals surface area (Å²) < 4.78 is 9.12. The van der Waals surface area contributed by atoms with Crippen molar-refractivity contribution in [3.05, 3.63) is 0 Å². The number of hydrogen-bond acceptors (Lipinski definition) is 5. The Labute approximate surface area is 82.6 Å². The van der Waals surface area contributed by atoms with Crippen molar-refractivity contribution >= 4 is 11.9 Å². The monoisotopic (exact) mass is 199 g/mol. The van der Waals surface area contributed by atoms with Crippen molar-refractivity contribution in [3.63, 3.8) is 0 Å². The van der Waals surface area contributed by atoms with E-state index in [1.165, 1.54) is 7.11 Å². The summed E-state index contributed by atoms with van der Waals surface area (Å²) in [5.41, 5.74) is 0. The molecule has 0 rings (SSSR count). The predicted molar refractivity (Wildman–Crippen MR) is 47.0 cm³/mol. The van der Waals surface area contributed by atoms with Crippen LogP contribution in [0.5, 0.6) is 0 Å². The van der Waals surface area contributed by atoms with E-state index in [0.29, 0.717) is 0 Å².